The van der Waals surface area contributed by atoms with Gasteiger partial charge in [-0.15, -0.1) is 0 Å². The second-order valence-electron chi connectivity index (χ2n) is 6.47. The fourth-order valence-corrected chi connectivity index (χ4v) is 3.38. The molecule has 2 aromatic heterocycles. The van der Waals surface area contributed by atoms with E-state index in [-0.39, 0.29) is 6.10 Å². The van der Waals surface area contributed by atoms with Crippen molar-refractivity contribution < 1.29 is 4.84 Å². The van der Waals surface area contributed by atoms with Crippen LogP contribution in [0.15, 0.2) is 54.3 Å². The summed E-state index contributed by atoms with van der Waals surface area (Å²) in [5, 5.41) is 4.19. The van der Waals surface area contributed by atoms with Crippen molar-refractivity contribution in [3.05, 3.63) is 49.2 Å². The molecule has 26 heavy (non-hydrogen) atoms. The molecule has 6 nitrogen and oxygen atoms in total. The zero-order chi connectivity index (χ0) is 17.9. The lowest BCUT2D eigenvalue weighted by Crippen LogP contribution is -2.17. The summed E-state index contributed by atoms with van der Waals surface area (Å²) in [6, 6.07) is 10.3. The lowest BCUT2D eigenvalue weighted by atomic mass is 10.1. The third-order valence-corrected chi connectivity index (χ3v) is 4.78. The van der Waals surface area contributed by atoms with Crippen molar-refractivity contribution in [3.63, 3.8) is 0 Å². The van der Waals surface area contributed by atoms with Gasteiger partial charge in [-0.05, 0) is 13.3 Å². The van der Waals surface area contributed by atoms with Crippen LogP contribution in [0.4, 0.5) is 0 Å². The first-order valence-electron chi connectivity index (χ1n) is 9.12. The zero-order valence-corrected chi connectivity index (χ0v) is 15.2. The number of oxime groups is 1. The minimum atomic E-state index is 0.0551. The molecule has 0 saturated heterocycles. The molecule has 0 N–H and O–H groups in total. The van der Waals surface area contributed by atoms with Gasteiger partial charge in [-0.3, -0.25) is 0 Å². The van der Waals surface area contributed by atoms with Gasteiger partial charge in [0.05, 0.1) is 48.2 Å². The normalized spacial score (nSPS) is 16.5. The summed E-state index contributed by atoms with van der Waals surface area (Å²) in [5.74, 6) is 0. The smallest absolute Gasteiger partial charge is 0.150 e. The van der Waals surface area contributed by atoms with Crippen LogP contribution in [0, 0.1) is 0 Å². The number of aryl methyl sites for hydroxylation is 1. The Morgan fingerprint density at radius 1 is 1.12 bits per heavy atom. The van der Waals surface area contributed by atoms with Gasteiger partial charge in [0.25, 0.3) is 0 Å². The Labute approximate surface area is 153 Å². The van der Waals surface area contributed by atoms with E-state index < -0.39 is 0 Å². The number of aromatic nitrogens is 4. The largest absolute Gasteiger partial charge is 0.390 e. The second-order valence-corrected chi connectivity index (χ2v) is 6.47. The Kier molecular flexibility index (Phi) is 4.56. The average Bonchev–Trinajstić information content (AvgIpc) is 3.41. The predicted molar refractivity (Wildman–Crippen MR) is 102 cm³/mol. The predicted octanol–water partition coefficient (Wildman–Crippen LogP) is 3.99. The van der Waals surface area contributed by atoms with Gasteiger partial charge in [0, 0.05) is 18.5 Å². The third-order valence-electron chi connectivity index (χ3n) is 4.78. The summed E-state index contributed by atoms with van der Waals surface area (Å²) in [6.07, 6.45) is 7.54. The van der Waals surface area contributed by atoms with Crippen molar-refractivity contribution in [2.24, 2.45) is 5.16 Å². The lowest BCUT2D eigenvalue weighted by molar-refractivity contribution is 0.0728. The monoisotopic (exact) mass is 349 g/mol. The van der Waals surface area contributed by atoms with Gasteiger partial charge in [0.15, 0.2) is 6.10 Å². The van der Waals surface area contributed by atoms with Crippen molar-refractivity contribution in [2.75, 3.05) is 0 Å². The fraction of sp³-hybridized carbons (Fsp3) is 0.350. The van der Waals surface area contributed by atoms with Gasteiger partial charge < -0.3 is 14.0 Å². The summed E-state index contributed by atoms with van der Waals surface area (Å²) >= 11 is 0. The Bertz CT molecular complexity index is 909. The van der Waals surface area contributed by atoms with E-state index in [1.165, 1.54) is 0 Å². The van der Waals surface area contributed by atoms with Crippen molar-refractivity contribution >= 4 is 5.71 Å². The molecule has 6 heteroatoms. The summed E-state index contributed by atoms with van der Waals surface area (Å²) in [7, 11) is 0. The molecule has 0 spiro atoms. The number of hydrogen-bond donors (Lipinski definition) is 0. The van der Waals surface area contributed by atoms with Gasteiger partial charge in [-0.25, -0.2) is 9.97 Å². The van der Waals surface area contributed by atoms with E-state index in [1.54, 1.807) is 0 Å². The number of rotatable bonds is 6. The van der Waals surface area contributed by atoms with Gasteiger partial charge in [-0.2, -0.15) is 0 Å². The number of hydrogen-bond acceptors (Lipinski definition) is 4. The van der Waals surface area contributed by atoms with E-state index in [1.807, 2.05) is 37.1 Å². The molecule has 0 bridgehead atoms. The Morgan fingerprint density at radius 2 is 1.96 bits per heavy atom. The summed E-state index contributed by atoms with van der Waals surface area (Å²) in [4.78, 5) is 14.7. The Hall–Kier alpha value is -2.89. The molecule has 134 valence electrons. The fourth-order valence-electron chi connectivity index (χ4n) is 3.38. The molecule has 4 rings (SSSR count). The van der Waals surface area contributed by atoms with Crippen molar-refractivity contribution in [1.82, 2.24) is 19.1 Å². The molecular weight excluding hydrogens is 326 g/mol. The molecule has 0 aliphatic carbocycles. The van der Waals surface area contributed by atoms with Gasteiger partial charge in [-0.1, -0.05) is 42.4 Å². The molecule has 0 radical (unpaired) electrons. The van der Waals surface area contributed by atoms with Crippen LogP contribution < -0.4 is 0 Å². The maximum atomic E-state index is 5.62. The summed E-state index contributed by atoms with van der Waals surface area (Å²) in [5.41, 5.74) is 5.33. The molecule has 1 aliphatic rings. The van der Waals surface area contributed by atoms with Crippen LogP contribution in [0.2, 0.25) is 0 Å². The van der Waals surface area contributed by atoms with Crippen LogP contribution in [0.3, 0.4) is 0 Å². The van der Waals surface area contributed by atoms with Crippen LogP contribution in [-0.2, 0) is 17.9 Å². The number of benzene rings is 1. The summed E-state index contributed by atoms with van der Waals surface area (Å²) < 4.78 is 4.31. The molecule has 3 heterocycles. The lowest BCUT2D eigenvalue weighted by Gasteiger charge is -2.14. The molecular formula is C20H23N5O. The first-order chi connectivity index (χ1) is 12.8. The maximum absolute atomic E-state index is 5.62. The molecule has 1 atom stereocenters. The van der Waals surface area contributed by atoms with Crippen LogP contribution in [0.25, 0.3) is 22.6 Å². The van der Waals surface area contributed by atoms with Gasteiger partial charge in [0.1, 0.15) is 0 Å². The van der Waals surface area contributed by atoms with E-state index in [0.717, 1.165) is 54.3 Å². The molecule has 0 saturated carbocycles. The highest BCUT2D eigenvalue weighted by Gasteiger charge is 2.24. The van der Waals surface area contributed by atoms with Crippen LogP contribution in [0.1, 0.15) is 26.7 Å². The Morgan fingerprint density at radius 3 is 2.69 bits per heavy atom. The SMILES string of the molecule is CCC1=NO[C@@H](Cn2cnc(-c3ccccc3)c2-c2cncn2CC)C1. The second kappa shape index (κ2) is 7.15. The zero-order valence-electron chi connectivity index (χ0n) is 15.2. The first kappa shape index (κ1) is 16.6. The maximum Gasteiger partial charge on any atom is 0.150 e. The Balaban J connectivity index is 1.74. The van der Waals surface area contributed by atoms with E-state index in [9.17, 15) is 0 Å². The molecule has 0 unspecified atom stereocenters. The van der Waals surface area contributed by atoms with Gasteiger partial charge in [0.2, 0.25) is 0 Å². The topological polar surface area (TPSA) is 57.2 Å². The van der Waals surface area contributed by atoms with E-state index in [4.69, 9.17) is 9.82 Å². The molecule has 0 amide bonds. The first-order valence-corrected chi connectivity index (χ1v) is 9.12. The van der Waals surface area contributed by atoms with Crippen molar-refractivity contribution in [2.45, 2.75) is 45.9 Å². The van der Waals surface area contributed by atoms with Crippen molar-refractivity contribution in [3.8, 4) is 22.6 Å². The standard InChI is InChI=1S/C20H23N5O/c1-3-16-10-17(26-23-16)12-25-14-22-19(15-8-6-5-7-9-15)20(25)18-11-21-13-24(18)4-2/h5-9,11,13-14,17H,3-4,10,12H2,1-2H3/t17-/m1/s1. The highest BCUT2D eigenvalue weighted by Crippen LogP contribution is 2.32. The molecule has 1 aliphatic heterocycles. The minimum Gasteiger partial charge on any atom is -0.390 e. The number of nitrogens with zero attached hydrogens (tertiary/aromatic N) is 5. The van der Waals surface area contributed by atoms with Crippen molar-refractivity contribution in [1.29, 1.82) is 0 Å². The van der Waals surface area contributed by atoms with E-state index >= 15 is 0 Å². The van der Waals surface area contributed by atoms with Crippen LogP contribution >= 0.6 is 0 Å². The highest BCUT2D eigenvalue weighted by atomic mass is 16.6. The quantitative estimate of drug-likeness (QED) is 0.676. The molecule has 0 fully saturated rings. The van der Waals surface area contributed by atoms with Crippen LogP contribution in [-0.4, -0.2) is 30.9 Å². The minimum absolute atomic E-state index is 0.0551. The van der Waals surface area contributed by atoms with E-state index in [0.29, 0.717) is 0 Å². The van der Waals surface area contributed by atoms with Gasteiger partial charge >= 0.3 is 0 Å². The summed E-state index contributed by atoms with van der Waals surface area (Å²) in [6.45, 7) is 5.81. The average molecular weight is 349 g/mol. The van der Waals surface area contributed by atoms with E-state index in [2.05, 4.69) is 45.3 Å². The molecule has 1 aromatic carbocycles. The number of imidazole rings is 2. The molecule has 3 aromatic rings. The highest BCUT2D eigenvalue weighted by molar-refractivity contribution is 5.85. The van der Waals surface area contributed by atoms with Crippen LogP contribution in [0.5, 0.6) is 0 Å². The third kappa shape index (κ3) is 3.03.